The molecule has 2 rings (SSSR count). The van der Waals surface area contributed by atoms with E-state index >= 15 is 0 Å². The molecule has 0 N–H and O–H groups in total. The zero-order valence-corrected chi connectivity index (χ0v) is 11.6. The van der Waals surface area contributed by atoms with Crippen molar-refractivity contribution in [2.24, 2.45) is 0 Å². The monoisotopic (exact) mass is 260 g/mol. The number of ether oxygens (including phenoxy) is 1. The molecule has 100 valence electrons. The standard InChI is InChI=1S/C15H17FN2O/c1-9(2)13-8-14(18-10(3)17-13)12-7-11(16)5-6-15(12)19-4/h5-9H,1-4H3. The van der Waals surface area contributed by atoms with Crippen molar-refractivity contribution in [3.8, 4) is 17.0 Å². The van der Waals surface area contributed by atoms with Crippen molar-refractivity contribution < 1.29 is 9.13 Å². The van der Waals surface area contributed by atoms with Crippen molar-refractivity contribution in [1.29, 1.82) is 0 Å². The number of aryl methyl sites for hydroxylation is 1. The van der Waals surface area contributed by atoms with Crippen LogP contribution in [0.15, 0.2) is 24.3 Å². The van der Waals surface area contributed by atoms with E-state index < -0.39 is 0 Å². The van der Waals surface area contributed by atoms with Gasteiger partial charge in [0.1, 0.15) is 17.4 Å². The largest absolute Gasteiger partial charge is 0.496 e. The van der Waals surface area contributed by atoms with Crippen molar-refractivity contribution in [2.75, 3.05) is 7.11 Å². The Bertz CT molecular complexity index is 597. The first kappa shape index (κ1) is 13.5. The summed E-state index contributed by atoms with van der Waals surface area (Å²) in [7, 11) is 1.56. The van der Waals surface area contributed by atoms with Gasteiger partial charge in [-0.25, -0.2) is 14.4 Å². The first-order valence-electron chi connectivity index (χ1n) is 6.20. The van der Waals surface area contributed by atoms with Crippen LogP contribution in [-0.2, 0) is 0 Å². The molecule has 0 radical (unpaired) electrons. The summed E-state index contributed by atoms with van der Waals surface area (Å²) in [6.07, 6.45) is 0. The molecule has 4 heteroatoms. The van der Waals surface area contributed by atoms with Gasteiger partial charge in [0, 0.05) is 11.3 Å². The average molecular weight is 260 g/mol. The van der Waals surface area contributed by atoms with E-state index in [9.17, 15) is 4.39 Å². The molecule has 1 aromatic heterocycles. The first-order valence-corrected chi connectivity index (χ1v) is 6.20. The SMILES string of the molecule is COc1ccc(F)cc1-c1cc(C(C)C)nc(C)n1. The van der Waals surface area contributed by atoms with Gasteiger partial charge in [0.25, 0.3) is 0 Å². The third kappa shape index (κ3) is 2.89. The van der Waals surface area contributed by atoms with Crippen LogP contribution in [0.25, 0.3) is 11.3 Å². The second-order valence-electron chi connectivity index (χ2n) is 4.72. The fourth-order valence-corrected chi connectivity index (χ4v) is 1.90. The highest BCUT2D eigenvalue weighted by Crippen LogP contribution is 2.30. The van der Waals surface area contributed by atoms with Crippen LogP contribution in [0.2, 0.25) is 0 Å². The van der Waals surface area contributed by atoms with Crippen LogP contribution >= 0.6 is 0 Å². The average Bonchev–Trinajstić information content (AvgIpc) is 2.37. The van der Waals surface area contributed by atoms with Gasteiger partial charge >= 0.3 is 0 Å². The van der Waals surface area contributed by atoms with Crippen molar-refractivity contribution in [3.05, 3.63) is 41.6 Å². The van der Waals surface area contributed by atoms with E-state index in [0.717, 1.165) is 5.69 Å². The molecule has 3 nitrogen and oxygen atoms in total. The summed E-state index contributed by atoms with van der Waals surface area (Å²) in [4.78, 5) is 8.77. The van der Waals surface area contributed by atoms with Crippen LogP contribution in [0.5, 0.6) is 5.75 Å². The molecule has 0 saturated carbocycles. The van der Waals surface area contributed by atoms with E-state index in [1.165, 1.54) is 12.1 Å². The number of nitrogens with zero attached hydrogens (tertiary/aromatic N) is 2. The van der Waals surface area contributed by atoms with Crippen molar-refractivity contribution in [2.45, 2.75) is 26.7 Å². The summed E-state index contributed by atoms with van der Waals surface area (Å²) in [5.41, 5.74) is 2.27. The van der Waals surface area contributed by atoms with Crippen LogP contribution in [0, 0.1) is 12.7 Å². The third-order valence-corrected chi connectivity index (χ3v) is 2.89. The van der Waals surface area contributed by atoms with Gasteiger partial charge < -0.3 is 4.74 Å². The minimum Gasteiger partial charge on any atom is -0.496 e. The number of hydrogen-bond donors (Lipinski definition) is 0. The molecule has 0 saturated heterocycles. The minimum absolute atomic E-state index is 0.292. The Hall–Kier alpha value is -1.97. The van der Waals surface area contributed by atoms with Crippen LogP contribution in [-0.4, -0.2) is 17.1 Å². The van der Waals surface area contributed by atoms with E-state index in [2.05, 4.69) is 23.8 Å². The zero-order valence-electron chi connectivity index (χ0n) is 11.6. The molecule has 0 aliphatic rings. The second kappa shape index (κ2) is 5.34. The van der Waals surface area contributed by atoms with Gasteiger partial charge in [-0.2, -0.15) is 0 Å². The van der Waals surface area contributed by atoms with Crippen molar-refractivity contribution in [3.63, 3.8) is 0 Å². The lowest BCUT2D eigenvalue weighted by atomic mass is 10.1. The molecule has 0 spiro atoms. The summed E-state index contributed by atoms with van der Waals surface area (Å²) in [5.74, 6) is 1.26. The number of hydrogen-bond acceptors (Lipinski definition) is 3. The van der Waals surface area contributed by atoms with Gasteiger partial charge in [0.15, 0.2) is 0 Å². The smallest absolute Gasteiger partial charge is 0.128 e. The molecule has 0 unspecified atom stereocenters. The predicted molar refractivity (Wildman–Crippen MR) is 72.8 cm³/mol. The molecular weight excluding hydrogens is 243 g/mol. The maximum absolute atomic E-state index is 13.4. The summed E-state index contributed by atoms with van der Waals surface area (Å²) >= 11 is 0. The highest BCUT2D eigenvalue weighted by molar-refractivity contribution is 5.67. The Morgan fingerprint density at radius 3 is 2.53 bits per heavy atom. The molecule has 0 aliphatic heterocycles. The summed E-state index contributed by atoms with van der Waals surface area (Å²) in [6.45, 7) is 5.96. The van der Waals surface area contributed by atoms with Gasteiger partial charge in [0.2, 0.25) is 0 Å². The quantitative estimate of drug-likeness (QED) is 0.843. The first-order chi connectivity index (χ1) is 9.01. The Morgan fingerprint density at radius 1 is 1.16 bits per heavy atom. The highest BCUT2D eigenvalue weighted by Gasteiger charge is 2.12. The van der Waals surface area contributed by atoms with Crippen LogP contribution in [0.4, 0.5) is 4.39 Å². The minimum atomic E-state index is -0.307. The number of methoxy groups -OCH3 is 1. The normalized spacial score (nSPS) is 10.8. The van der Waals surface area contributed by atoms with Crippen molar-refractivity contribution in [1.82, 2.24) is 9.97 Å². The van der Waals surface area contributed by atoms with Crippen molar-refractivity contribution >= 4 is 0 Å². The van der Waals surface area contributed by atoms with Gasteiger partial charge in [-0.15, -0.1) is 0 Å². The van der Waals surface area contributed by atoms with Crippen LogP contribution in [0.3, 0.4) is 0 Å². The van der Waals surface area contributed by atoms with Crippen LogP contribution in [0.1, 0.15) is 31.3 Å². The van der Waals surface area contributed by atoms with E-state index in [4.69, 9.17) is 4.74 Å². The number of rotatable bonds is 3. The fourth-order valence-electron chi connectivity index (χ4n) is 1.90. The molecule has 0 bridgehead atoms. The van der Waals surface area contributed by atoms with Gasteiger partial charge in [-0.1, -0.05) is 13.8 Å². The lowest BCUT2D eigenvalue weighted by Gasteiger charge is -2.11. The molecule has 0 fully saturated rings. The number of aromatic nitrogens is 2. The van der Waals surface area contributed by atoms with Gasteiger partial charge in [-0.05, 0) is 37.1 Å². The molecule has 2 aromatic rings. The van der Waals surface area contributed by atoms with E-state index in [-0.39, 0.29) is 5.82 Å². The predicted octanol–water partition coefficient (Wildman–Crippen LogP) is 3.72. The molecule has 1 heterocycles. The maximum Gasteiger partial charge on any atom is 0.128 e. The topological polar surface area (TPSA) is 35.0 Å². The van der Waals surface area contributed by atoms with Gasteiger partial charge in [-0.3, -0.25) is 0 Å². The Labute approximate surface area is 112 Å². The highest BCUT2D eigenvalue weighted by atomic mass is 19.1. The number of halogens is 1. The fraction of sp³-hybridized carbons (Fsp3) is 0.333. The Balaban J connectivity index is 2.61. The lowest BCUT2D eigenvalue weighted by molar-refractivity contribution is 0.415. The number of benzene rings is 1. The Kier molecular flexibility index (Phi) is 3.79. The molecular formula is C15H17FN2O. The van der Waals surface area contributed by atoms with Crippen LogP contribution < -0.4 is 4.74 Å². The second-order valence-corrected chi connectivity index (χ2v) is 4.72. The van der Waals surface area contributed by atoms with Gasteiger partial charge in [0.05, 0.1) is 12.8 Å². The third-order valence-electron chi connectivity index (χ3n) is 2.89. The van der Waals surface area contributed by atoms with E-state index in [1.54, 1.807) is 13.2 Å². The summed E-state index contributed by atoms with van der Waals surface area (Å²) < 4.78 is 18.7. The maximum atomic E-state index is 13.4. The molecule has 0 aliphatic carbocycles. The molecule has 0 atom stereocenters. The molecule has 1 aromatic carbocycles. The molecule has 19 heavy (non-hydrogen) atoms. The Morgan fingerprint density at radius 2 is 1.89 bits per heavy atom. The molecule has 0 amide bonds. The summed E-state index contributed by atoms with van der Waals surface area (Å²) in [6, 6.07) is 6.30. The van der Waals surface area contributed by atoms with E-state index in [0.29, 0.717) is 28.7 Å². The lowest BCUT2D eigenvalue weighted by Crippen LogP contribution is -2.00. The zero-order chi connectivity index (χ0) is 14.0. The van der Waals surface area contributed by atoms with E-state index in [1.807, 2.05) is 13.0 Å². The summed E-state index contributed by atoms with van der Waals surface area (Å²) in [5, 5.41) is 0.